The van der Waals surface area contributed by atoms with Gasteiger partial charge in [-0.1, -0.05) is 45.9 Å². The Hall–Kier alpha value is -1.61. The Kier molecular flexibility index (Phi) is 7.89. The minimum absolute atomic E-state index is 0.0479. The van der Waals surface area contributed by atoms with Gasteiger partial charge in [0.1, 0.15) is 11.9 Å². The molecule has 1 aliphatic rings. The summed E-state index contributed by atoms with van der Waals surface area (Å²) in [6.45, 7) is 15.1. The van der Waals surface area contributed by atoms with Gasteiger partial charge >= 0.3 is 0 Å². The number of hydrogen-bond acceptors (Lipinski definition) is 3. The van der Waals surface area contributed by atoms with E-state index in [1.165, 1.54) is 5.56 Å². The van der Waals surface area contributed by atoms with Crippen LogP contribution >= 0.6 is 0 Å². The van der Waals surface area contributed by atoms with Gasteiger partial charge in [-0.15, -0.1) is 0 Å². The van der Waals surface area contributed by atoms with E-state index in [4.69, 9.17) is 9.73 Å². The first-order valence-corrected chi connectivity index (χ1v) is 8.35. The van der Waals surface area contributed by atoms with Crippen molar-refractivity contribution in [1.29, 1.82) is 0 Å². The summed E-state index contributed by atoms with van der Waals surface area (Å²) >= 11 is 0. The van der Waals surface area contributed by atoms with E-state index >= 15 is 0 Å². The molecule has 0 saturated heterocycles. The topological polar surface area (TPSA) is 33.6 Å². The Morgan fingerprint density at radius 2 is 1.95 bits per heavy atom. The molecule has 0 aliphatic carbocycles. The second-order valence-electron chi connectivity index (χ2n) is 5.45. The van der Waals surface area contributed by atoms with Gasteiger partial charge in [-0.3, -0.25) is 10.3 Å². The molecule has 0 fully saturated rings. The Morgan fingerprint density at radius 1 is 1.32 bits per heavy atom. The van der Waals surface area contributed by atoms with Crippen LogP contribution in [-0.2, 0) is 0 Å². The van der Waals surface area contributed by atoms with Crippen LogP contribution in [0.2, 0.25) is 0 Å². The lowest BCUT2D eigenvalue weighted by molar-refractivity contribution is 0.242. The molecule has 1 atom stereocenters. The van der Waals surface area contributed by atoms with Gasteiger partial charge in [0.25, 0.3) is 0 Å². The van der Waals surface area contributed by atoms with E-state index in [2.05, 4.69) is 31.0 Å². The second kappa shape index (κ2) is 9.42. The van der Waals surface area contributed by atoms with Gasteiger partial charge in [-0.25, -0.2) is 0 Å². The minimum atomic E-state index is 0.0479. The molecule has 1 unspecified atom stereocenters. The molecule has 1 heterocycles. The third-order valence-electron chi connectivity index (χ3n) is 3.28. The van der Waals surface area contributed by atoms with Crippen LogP contribution in [0.4, 0.5) is 0 Å². The molecule has 0 amide bonds. The number of aliphatic imine (C=N–C) groups is 1. The van der Waals surface area contributed by atoms with Crippen molar-refractivity contribution in [3.63, 3.8) is 0 Å². The van der Waals surface area contributed by atoms with Gasteiger partial charge in [0.05, 0.1) is 11.8 Å². The van der Waals surface area contributed by atoms with E-state index in [-0.39, 0.29) is 12.3 Å². The molecule has 22 heavy (non-hydrogen) atoms. The largest absolute Gasteiger partial charge is 0.491 e. The summed E-state index contributed by atoms with van der Waals surface area (Å²) in [5.41, 5.74) is 3.43. The van der Waals surface area contributed by atoms with Crippen molar-refractivity contribution in [3.8, 4) is 5.75 Å². The van der Waals surface area contributed by atoms with E-state index in [9.17, 15) is 0 Å². The van der Waals surface area contributed by atoms with Crippen LogP contribution in [0.1, 0.15) is 59.2 Å². The summed E-state index contributed by atoms with van der Waals surface area (Å²) in [5.74, 6) is 0.904. The van der Waals surface area contributed by atoms with E-state index < -0.39 is 0 Å². The first-order valence-electron chi connectivity index (χ1n) is 8.35. The Morgan fingerprint density at radius 3 is 2.50 bits per heavy atom. The van der Waals surface area contributed by atoms with Gasteiger partial charge in [0, 0.05) is 6.54 Å². The second-order valence-corrected chi connectivity index (χ2v) is 5.45. The minimum Gasteiger partial charge on any atom is -0.491 e. The molecule has 1 aromatic rings. The smallest absolute Gasteiger partial charge is 0.126 e. The van der Waals surface area contributed by atoms with Crippen LogP contribution in [0.25, 0.3) is 0 Å². The third kappa shape index (κ3) is 5.30. The van der Waals surface area contributed by atoms with Crippen LogP contribution in [0.15, 0.2) is 41.4 Å². The molecule has 0 bridgehead atoms. The van der Waals surface area contributed by atoms with Gasteiger partial charge in [0.2, 0.25) is 0 Å². The van der Waals surface area contributed by atoms with Gasteiger partial charge in [-0.2, -0.15) is 0 Å². The van der Waals surface area contributed by atoms with Crippen LogP contribution in [0.5, 0.6) is 5.75 Å². The molecule has 0 aromatic heterocycles. The quantitative estimate of drug-likeness (QED) is 0.811. The summed E-state index contributed by atoms with van der Waals surface area (Å²) in [6.07, 6.45) is 2.39. The highest BCUT2D eigenvalue weighted by atomic mass is 16.5. The first kappa shape index (κ1) is 18.4. The van der Waals surface area contributed by atoms with Gasteiger partial charge in [0.15, 0.2) is 0 Å². The highest BCUT2D eigenvalue weighted by Crippen LogP contribution is 2.23. The molecule has 0 spiro atoms. The molecule has 2 rings (SSSR count). The van der Waals surface area contributed by atoms with E-state index in [1.807, 2.05) is 39.8 Å². The van der Waals surface area contributed by atoms with Crippen molar-refractivity contribution >= 4 is 5.71 Å². The third-order valence-corrected chi connectivity index (χ3v) is 3.28. The van der Waals surface area contributed by atoms with E-state index in [0.717, 1.165) is 36.4 Å². The number of nitrogens with zero attached hydrogens (tertiary/aromatic N) is 1. The fourth-order valence-corrected chi connectivity index (χ4v) is 2.30. The molecule has 0 saturated carbocycles. The van der Waals surface area contributed by atoms with Crippen molar-refractivity contribution in [2.45, 2.75) is 59.7 Å². The number of hydrogen-bond donors (Lipinski definition) is 1. The summed E-state index contributed by atoms with van der Waals surface area (Å²) in [5, 5.41) is 3.42. The molecule has 0 radical (unpaired) electrons. The summed E-state index contributed by atoms with van der Waals surface area (Å²) in [7, 11) is 0. The van der Waals surface area contributed by atoms with Crippen LogP contribution in [0.3, 0.4) is 0 Å². The zero-order chi connectivity index (χ0) is 16.5. The van der Waals surface area contributed by atoms with Gasteiger partial charge < -0.3 is 4.74 Å². The maximum atomic E-state index is 5.65. The van der Waals surface area contributed by atoms with E-state index in [0.29, 0.717) is 0 Å². The predicted molar refractivity (Wildman–Crippen MR) is 95.8 cm³/mol. The Labute approximate surface area is 135 Å². The van der Waals surface area contributed by atoms with Crippen molar-refractivity contribution in [3.05, 3.63) is 42.0 Å². The molecule has 3 heteroatoms. The van der Waals surface area contributed by atoms with Gasteiger partial charge in [-0.05, 0) is 43.5 Å². The van der Waals surface area contributed by atoms with Crippen molar-refractivity contribution in [1.82, 2.24) is 5.32 Å². The summed E-state index contributed by atoms with van der Waals surface area (Å²) < 4.78 is 5.65. The van der Waals surface area contributed by atoms with Crippen molar-refractivity contribution in [2.24, 2.45) is 4.99 Å². The number of rotatable bonds is 6. The Bertz CT molecular complexity index is 489. The van der Waals surface area contributed by atoms with Crippen LogP contribution in [0, 0.1) is 0 Å². The number of ether oxygens (including phenoxy) is 1. The maximum absolute atomic E-state index is 5.65. The molecule has 122 valence electrons. The molecule has 1 aliphatic heterocycles. The van der Waals surface area contributed by atoms with Crippen LogP contribution < -0.4 is 10.1 Å². The zero-order valence-electron chi connectivity index (χ0n) is 14.6. The summed E-state index contributed by atoms with van der Waals surface area (Å²) in [6, 6.07) is 8.16. The summed E-state index contributed by atoms with van der Waals surface area (Å²) in [4.78, 5) is 4.73. The highest BCUT2D eigenvalue weighted by Gasteiger charge is 2.19. The van der Waals surface area contributed by atoms with Crippen molar-refractivity contribution in [2.75, 3.05) is 6.54 Å². The average Bonchev–Trinajstić information content (AvgIpc) is 3.00. The lowest BCUT2D eigenvalue weighted by Gasteiger charge is -2.12. The average molecular weight is 302 g/mol. The normalized spacial score (nSPS) is 16.8. The van der Waals surface area contributed by atoms with Crippen molar-refractivity contribution < 1.29 is 4.74 Å². The number of nitrogens with one attached hydrogen (secondary N) is 1. The fraction of sp³-hybridized carbons (Fsp3) is 0.526. The highest BCUT2D eigenvalue weighted by molar-refractivity contribution is 6.02. The molecule has 3 nitrogen and oxygen atoms in total. The first-order chi connectivity index (χ1) is 10.6. The lowest BCUT2D eigenvalue weighted by atomic mass is 10.1. The SMILES string of the molecule is C=C(CCC)C1=NC(c2ccc(OC(C)C)cc2)NC1.CC. The lowest BCUT2D eigenvalue weighted by Crippen LogP contribution is -2.17. The van der Waals surface area contributed by atoms with E-state index in [1.54, 1.807) is 0 Å². The maximum Gasteiger partial charge on any atom is 0.126 e. The molecular weight excluding hydrogens is 272 g/mol. The zero-order valence-corrected chi connectivity index (χ0v) is 14.6. The Balaban J connectivity index is 0.00000116. The monoisotopic (exact) mass is 302 g/mol. The predicted octanol–water partition coefficient (Wildman–Crippen LogP) is 4.90. The molecular formula is C19H30N2O. The van der Waals surface area contributed by atoms with Crippen LogP contribution in [-0.4, -0.2) is 18.4 Å². The molecule has 1 N–H and O–H groups in total. The standard InChI is InChI=1S/C17H24N2O.C2H6/c1-5-6-13(4)16-11-18-17(19-16)14-7-9-15(10-8-14)20-12(2)3;1-2/h7-10,12,17-18H,4-6,11H2,1-3H3;1-2H3. The molecule has 1 aromatic carbocycles. The fourth-order valence-electron chi connectivity index (χ4n) is 2.30. The number of benzene rings is 1.